The number of methoxy groups -OCH3 is 1. The van der Waals surface area contributed by atoms with Crippen molar-refractivity contribution in [2.24, 2.45) is 0 Å². The number of hydrogen-bond acceptors (Lipinski definition) is 4. The standard InChI is InChI=1S/C21H34N2O2S/c1-15-16(2)19(24-6)11-10-17(15)14-23-12-8-7-9-18(23)13-22-20(26)25-21(3,4)5/h10-11,18H,7-9,12-14H2,1-6H3,(H,22,26). The first-order chi connectivity index (χ1) is 12.2. The van der Waals surface area contributed by atoms with Crippen LogP contribution in [0.2, 0.25) is 0 Å². The number of rotatable bonds is 5. The molecule has 0 radical (unpaired) electrons. The summed E-state index contributed by atoms with van der Waals surface area (Å²) in [6, 6.07) is 4.77. The molecule has 1 aromatic rings. The lowest BCUT2D eigenvalue weighted by Crippen LogP contribution is -2.47. The Labute approximate surface area is 164 Å². The normalized spacial score (nSPS) is 18.5. The number of piperidine rings is 1. The van der Waals surface area contributed by atoms with Crippen LogP contribution in [0.15, 0.2) is 12.1 Å². The van der Waals surface area contributed by atoms with Gasteiger partial charge in [0.1, 0.15) is 11.4 Å². The zero-order chi connectivity index (χ0) is 19.3. The van der Waals surface area contributed by atoms with Gasteiger partial charge in [-0.2, -0.15) is 0 Å². The number of nitrogens with one attached hydrogen (secondary N) is 1. The first kappa shape index (κ1) is 21.0. The zero-order valence-corrected chi connectivity index (χ0v) is 18.0. The second kappa shape index (κ2) is 9.05. The van der Waals surface area contributed by atoms with Gasteiger partial charge < -0.3 is 14.8 Å². The molecule has 146 valence electrons. The number of benzene rings is 1. The SMILES string of the molecule is COc1ccc(CN2CCCCC2CNC(=S)OC(C)(C)C)c(C)c1C. The van der Waals surface area contributed by atoms with E-state index in [2.05, 4.69) is 36.2 Å². The Hall–Kier alpha value is -1.33. The molecule has 1 atom stereocenters. The molecule has 0 bridgehead atoms. The van der Waals surface area contributed by atoms with E-state index < -0.39 is 0 Å². The van der Waals surface area contributed by atoms with Gasteiger partial charge in [-0.25, -0.2) is 0 Å². The molecule has 2 rings (SSSR count). The van der Waals surface area contributed by atoms with E-state index in [-0.39, 0.29) is 5.60 Å². The summed E-state index contributed by atoms with van der Waals surface area (Å²) in [6.45, 7) is 13.3. The smallest absolute Gasteiger partial charge is 0.257 e. The molecule has 1 aliphatic rings. The van der Waals surface area contributed by atoms with E-state index in [1.807, 2.05) is 20.8 Å². The van der Waals surface area contributed by atoms with Crippen LogP contribution in [0.1, 0.15) is 56.7 Å². The molecule has 0 spiro atoms. The first-order valence-electron chi connectivity index (χ1n) is 9.55. The van der Waals surface area contributed by atoms with Gasteiger partial charge in [-0.15, -0.1) is 0 Å². The quantitative estimate of drug-likeness (QED) is 0.770. The highest BCUT2D eigenvalue weighted by Crippen LogP contribution is 2.27. The Morgan fingerprint density at radius 2 is 1.96 bits per heavy atom. The van der Waals surface area contributed by atoms with Crippen molar-refractivity contribution in [2.75, 3.05) is 20.2 Å². The Balaban J connectivity index is 2.00. The van der Waals surface area contributed by atoms with Crippen LogP contribution in [0.4, 0.5) is 0 Å². The van der Waals surface area contributed by atoms with Crippen LogP contribution in [0, 0.1) is 13.8 Å². The molecular formula is C21H34N2O2S. The monoisotopic (exact) mass is 378 g/mol. The van der Waals surface area contributed by atoms with E-state index in [9.17, 15) is 0 Å². The molecule has 0 saturated carbocycles. The van der Waals surface area contributed by atoms with Gasteiger partial charge in [0.15, 0.2) is 0 Å². The van der Waals surface area contributed by atoms with Gasteiger partial charge in [0.2, 0.25) is 0 Å². The molecule has 1 heterocycles. The average molecular weight is 379 g/mol. The zero-order valence-electron chi connectivity index (χ0n) is 17.1. The van der Waals surface area contributed by atoms with Crippen molar-refractivity contribution in [1.82, 2.24) is 10.2 Å². The predicted octanol–water partition coefficient (Wildman–Crippen LogP) is 4.36. The van der Waals surface area contributed by atoms with Gasteiger partial charge in [0.25, 0.3) is 5.17 Å². The third kappa shape index (κ3) is 5.85. The molecule has 0 aliphatic carbocycles. The average Bonchev–Trinajstić information content (AvgIpc) is 2.57. The van der Waals surface area contributed by atoms with Crippen LogP contribution in [0.25, 0.3) is 0 Å². The molecule has 1 aliphatic heterocycles. The minimum atomic E-state index is -0.256. The number of hydrogen-bond donors (Lipinski definition) is 1. The van der Waals surface area contributed by atoms with Crippen molar-refractivity contribution in [1.29, 1.82) is 0 Å². The highest BCUT2D eigenvalue weighted by Gasteiger charge is 2.24. The van der Waals surface area contributed by atoms with Crippen LogP contribution in [0.3, 0.4) is 0 Å². The van der Waals surface area contributed by atoms with Gasteiger partial charge in [-0.3, -0.25) is 4.90 Å². The predicted molar refractivity (Wildman–Crippen MR) is 112 cm³/mol. The highest BCUT2D eigenvalue weighted by molar-refractivity contribution is 7.80. The van der Waals surface area contributed by atoms with Gasteiger partial charge in [0.05, 0.1) is 7.11 Å². The van der Waals surface area contributed by atoms with Crippen LogP contribution in [0.5, 0.6) is 5.75 Å². The van der Waals surface area contributed by atoms with E-state index in [1.54, 1.807) is 7.11 Å². The first-order valence-corrected chi connectivity index (χ1v) is 9.96. The summed E-state index contributed by atoms with van der Waals surface area (Å²) < 4.78 is 11.2. The van der Waals surface area contributed by atoms with Crippen LogP contribution < -0.4 is 10.1 Å². The van der Waals surface area contributed by atoms with E-state index >= 15 is 0 Å². The second-order valence-electron chi connectivity index (χ2n) is 8.18. The summed E-state index contributed by atoms with van der Waals surface area (Å²) in [7, 11) is 1.73. The molecule has 1 aromatic carbocycles. The molecule has 1 fully saturated rings. The lowest BCUT2D eigenvalue weighted by Gasteiger charge is -2.36. The fourth-order valence-corrected chi connectivity index (χ4v) is 3.81. The largest absolute Gasteiger partial charge is 0.496 e. The molecule has 4 nitrogen and oxygen atoms in total. The van der Waals surface area contributed by atoms with Crippen LogP contribution in [-0.2, 0) is 11.3 Å². The molecule has 5 heteroatoms. The minimum Gasteiger partial charge on any atom is -0.496 e. The Morgan fingerprint density at radius 1 is 1.23 bits per heavy atom. The fourth-order valence-electron chi connectivity index (χ4n) is 3.48. The van der Waals surface area contributed by atoms with Crippen LogP contribution in [-0.4, -0.2) is 41.9 Å². The Bertz CT molecular complexity index is 625. The number of thiocarbonyl (C=S) groups is 1. The summed E-state index contributed by atoms with van der Waals surface area (Å²) in [5.74, 6) is 0.966. The maximum atomic E-state index is 5.73. The molecule has 0 aromatic heterocycles. The van der Waals surface area contributed by atoms with E-state index in [0.29, 0.717) is 11.2 Å². The van der Waals surface area contributed by atoms with Gasteiger partial charge in [-0.1, -0.05) is 12.5 Å². The van der Waals surface area contributed by atoms with Crippen molar-refractivity contribution in [3.63, 3.8) is 0 Å². The van der Waals surface area contributed by atoms with Crippen molar-refractivity contribution in [3.8, 4) is 5.75 Å². The van der Waals surface area contributed by atoms with Crippen molar-refractivity contribution in [3.05, 3.63) is 28.8 Å². The highest BCUT2D eigenvalue weighted by atomic mass is 32.1. The summed E-state index contributed by atoms with van der Waals surface area (Å²) in [5.41, 5.74) is 3.68. The summed E-state index contributed by atoms with van der Waals surface area (Å²) in [4.78, 5) is 2.57. The molecule has 26 heavy (non-hydrogen) atoms. The number of ether oxygens (including phenoxy) is 2. The van der Waals surface area contributed by atoms with Crippen molar-refractivity contribution >= 4 is 17.4 Å². The number of nitrogens with zero attached hydrogens (tertiary/aromatic N) is 1. The second-order valence-corrected chi connectivity index (χ2v) is 8.55. The topological polar surface area (TPSA) is 33.7 Å². The third-order valence-corrected chi connectivity index (χ3v) is 5.30. The summed E-state index contributed by atoms with van der Waals surface area (Å²) in [5, 5.41) is 3.82. The van der Waals surface area contributed by atoms with Gasteiger partial charge in [-0.05, 0) is 89.0 Å². The fraction of sp³-hybridized carbons (Fsp3) is 0.667. The van der Waals surface area contributed by atoms with Crippen molar-refractivity contribution < 1.29 is 9.47 Å². The lowest BCUT2D eigenvalue weighted by atomic mass is 9.98. The van der Waals surface area contributed by atoms with Gasteiger partial charge >= 0.3 is 0 Å². The summed E-state index contributed by atoms with van der Waals surface area (Å²) >= 11 is 5.34. The molecule has 1 N–H and O–H groups in total. The maximum Gasteiger partial charge on any atom is 0.257 e. The molecule has 0 amide bonds. The molecule has 1 unspecified atom stereocenters. The van der Waals surface area contributed by atoms with E-state index in [0.717, 1.165) is 25.4 Å². The minimum absolute atomic E-state index is 0.256. The molecule has 1 saturated heterocycles. The van der Waals surface area contributed by atoms with E-state index in [4.69, 9.17) is 21.7 Å². The number of likely N-dealkylation sites (tertiary alicyclic amines) is 1. The Morgan fingerprint density at radius 3 is 2.62 bits per heavy atom. The van der Waals surface area contributed by atoms with E-state index in [1.165, 1.54) is 36.0 Å². The van der Waals surface area contributed by atoms with Crippen molar-refractivity contribution in [2.45, 2.75) is 72.1 Å². The third-order valence-electron chi connectivity index (χ3n) is 5.07. The van der Waals surface area contributed by atoms with Crippen LogP contribution >= 0.6 is 12.2 Å². The lowest BCUT2D eigenvalue weighted by molar-refractivity contribution is 0.107. The Kier molecular flexibility index (Phi) is 7.30. The maximum absolute atomic E-state index is 5.73. The summed E-state index contributed by atoms with van der Waals surface area (Å²) in [6.07, 6.45) is 3.73. The van der Waals surface area contributed by atoms with Gasteiger partial charge in [0, 0.05) is 19.1 Å². The molecular weight excluding hydrogens is 344 g/mol.